The van der Waals surface area contributed by atoms with Gasteiger partial charge in [0.15, 0.2) is 0 Å². The van der Waals surface area contributed by atoms with Gasteiger partial charge in [-0.15, -0.1) is 0 Å². The van der Waals surface area contributed by atoms with Gasteiger partial charge >= 0.3 is 0 Å². The summed E-state index contributed by atoms with van der Waals surface area (Å²) in [6.07, 6.45) is 0. The van der Waals surface area contributed by atoms with Crippen molar-refractivity contribution < 1.29 is 0 Å². The molecule has 12 aromatic carbocycles. The molecule has 12 rings (SSSR count). The van der Waals surface area contributed by atoms with Gasteiger partial charge in [0, 0.05) is 34.1 Å². The van der Waals surface area contributed by atoms with Crippen molar-refractivity contribution >= 4 is 102 Å². The predicted molar refractivity (Wildman–Crippen MR) is 565 cm³/mol. The second-order valence-electron chi connectivity index (χ2n) is 48.3. The second-order valence-corrected chi connectivity index (χ2v) is 48.3. The topological polar surface area (TPSA) is 78.7 Å². The summed E-state index contributed by atoms with van der Waals surface area (Å²) in [5, 5.41) is 23.8. The molecule has 8 heteroatoms. The quantitative estimate of drug-likeness (QED) is 0.0507. The van der Waals surface area contributed by atoms with Crippen LogP contribution in [0.15, 0.2) is 255 Å². The van der Waals surface area contributed by atoms with E-state index in [1.165, 1.54) is 66.8 Å². The summed E-state index contributed by atoms with van der Waals surface area (Å²) in [4.78, 5) is 4.84. The summed E-state index contributed by atoms with van der Waals surface area (Å²) >= 11 is 0. The molecule has 0 heterocycles. The van der Waals surface area contributed by atoms with Crippen LogP contribution in [0, 0.1) is 0 Å². The zero-order valence-electron chi connectivity index (χ0n) is 85.1. The van der Waals surface area contributed by atoms with Gasteiger partial charge in [0.2, 0.25) is 0 Å². The first-order chi connectivity index (χ1) is 59.0. The first-order valence-corrected chi connectivity index (χ1v) is 46.7. The standard InChI is InChI=1S/2C60H78N4/c2*1-55(2,3)40-31-41(56(4,5)6)35-46(34-40)61-49-25-19-22-28-52(49)64(53-29-23-20-26-50(53)62-47-36-42(57(7,8)9)32-43(37-47)58(10,11)12)54-30-24-21-27-51(54)63-48-38-44(59(13,14)15)33-45(39-48)60(16,17)18/h2*19-39,61-63H,1-18H3. The van der Waals surface area contributed by atoms with Crippen LogP contribution < -0.4 is 41.7 Å². The van der Waals surface area contributed by atoms with Gasteiger partial charge in [-0.2, -0.15) is 0 Å². The SMILES string of the molecule is CC(C)(C)c1cc(Nc2ccccc2N(c2ccccc2Nc2cc(C(C)(C)C)cc(C(C)(C)C)c2)c2ccccc2Nc2cc(C(C)(C)C)cc(C(C)(C)C)c2)cc(C(C)(C)C)c1.CC(C)(C)c1cc(Nc2ccccc2N(c2ccccc2Nc2cc(C(C)(C)C)cc(C(C)(C)C)c2)c2ccccc2Nc2cc(C(C)(C)C)cc(C(C)(C)C)c2)cc(C(C)(C)C)c1. The Bertz CT molecular complexity index is 4770. The van der Waals surface area contributed by atoms with E-state index in [2.05, 4.69) is 546 Å². The van der Waals surface area contributed by atoms with E-state index in [0.29, 0.717) is 0 Å². The lowest BCUT2D eigenvalue weighted by atomic mass is 9.80. The Balaban J connectivity index is 0.000000248. The highest BCUT2D eigenvalue weighted by Crippen LogP contribution is 2.52. The molecule has 0 radical (unpaired) electrons. The van der Waals surface area contributed by atoms with E-state index < -0.39 is 0 Å². The maximum atomic E-state index is 3.97. The minimum absolute atomic E-state index is 0.0211. The fourth-order valence-corrected chi connectivity index (χ4v) is 15.8. The largest absolute Gasteiger partial charge is 0.354 e. The van der Waals surface area contributed by atoms with E-state index >= 15 is 0 Å². The Hall–Kier alpha value is -11.0. The molecular weight excluding hydrogens is 1550 g/mol. The molecule has 0 unspecified atom stereocenters. The van der Waals surface area contributed by atoms with Crippen LogP contribution in [0.4, 0.5) is 102 Å². The predicted octanol–water partition coefficient (Wildman–Crippen LogP) is 36.3. The van der Waals surface area contributed by atoms with Crippen LogP contribution in [0.1, 0.15) is 316 Å². The van der Waals surface area contributed by atoms with Gasteiger partial charge in [-0.1, -0.05) is 358 Å². The second kappa shape index (κ2) is 36.5. The Morgan fingerprint density at radius 3 is 0.320 bits per heavy atom. The number of nitrogens with one attached hydrogen (secondary N) is 6. The van der Waals surface area contributed by atoms with Gasteiger partial charge in [-0.05, 0) is 277 Å². The van der Waals surface area contributed by atoms with E-state index in [4.69, 9.17) is 0 Å². The van der Waals surface area contributed by atoms with Gasteiger partial charge in [0.25, 0.3) is 0 Å². The molecular formula is C120H156N8. The number of rotatable bonds is 18. The molecule has 0 atom stereocenters. The molecule has 0 bridgehead atoms. The number of hydrogen-bond acceptors (Lipinski definition) is 8. The maximum Gasteiger partial charge on any atom is 0.0698 e. The lowest BCUT2D eigenvalue weighted by Gasteiger charge is -2.32. The van der Waals surface area contributed by atoms with Crippen LogP contribution in [0.3, 0.4) is 0 Å². The van der Waals surface area contributed by atoms with E-state index in [-0.39, 0.29) is 65.0 Å². The molecule has 0 saturated heterocycles. The van der Waals surface area contributed by atoms with Gasteiger partial charge in [-0.25, -0.2) is 0 Å². The van der Waals surface area contributed by atoms with E-state index in [0.717, 1.165) is 102 Å². The van der Waals surface area contributed by atoms with Crippen LogP contribution >= 0.6 is 0 Å². The third kappa shape index (κ3) is 24.5. The summed E-state index contributed by atoms with van der Waals surface area (Å²) in [5.74, 6) is 0. The normalized spacial score (nSPS) is 12.8. The maximum absolute atomic E-state index is 3.97. The summed E-state index contributed by atoms with van der Waals surface area (Å²) in [6, 6.07) is 94.6. The van der Waals surface area contributed by atoms with Crippen LogP contribution in [0.5, 0.6) is 0 Å². The van der Waals surface area contributed by atoms with Crippen molar-refractivity contribution in [2.45, 2.75) is 314 Å². The highest BCUT2D eigenvalue weighted by Gasteiger charge is 2.32. The number of nitrogens with zero attached hydrogens (tertiary/aromatic N) is 2. The molecule has 128 heavy (non-hydrogen) atoms. The third-order valence-corrected chi connectivity index (χ3v) is 24.5. The average Bonchev–Trinajstić information content (AvgIpc) is 0.764. The monoisotopic (exact) mass is 1710 g/mol. The lowest BCUT2D eigenvalue weighted by molar-refractivity contribution is 0.568. The van der Waals surface area contributed by atoms with Crippen molar-refractivity contribution in [3.8, 4) is 0 Å². The zero-order chi connectivity index (χ0) is 94.4. The number of anilines is 18. The molecule has 676 valence electrons. The molecule has 0 aliphatic heterocycles. The number of hydrogen-bond donors (Lipinski definition) is 6. The molecule has 12 aromatic rings. The Labute approximate surface area is 774 Å². The van der Waals surface area contributed by atoms with Crippen LogP contribution in [-0.4, -0.2) is 0 Å². The molecule has 8 nitrogen and oxygen atoms in total. The fraction of sp³-hybridized carbons (Fsp3) is 0.400. The molecule has 0 spiro atoms. The summed E-state index contributed by atoms with van der Waals surface area (Å²) in [6.45, 7) is 82.7. The van der Waals surface area contributed by atoms with Gasteiger partial charge in [0.1, 0.15) is 0 Å². The van der Waals surface area contributed by atoms with Crippen LogP contribution in [-0.2, 0) is 65.0 Å². The molecule has 0 saturated carbocycles. The first-order valence-electron chi connectivity index (χ1n) is 46.7. The molecule has 0 amide bonds. The van der Waals surface area contributed by atoms with Crippen molar-refractivity contribution in [3.05, 3.63) is 322 Å². The highest BCUT2D eigenvalue weighted by molar-refractivity contribution is 5.98. The first kappa shape index (κ1) is 97.6. The summed E-state index contributed by atoms with van der Waals surface area (Å²) < 4.78 is 0. The highest BCUT2D eigenvalue weighted by atomic mass is 15.2. The average molecular weight is 1710 g/mol. The Kier molecular flexibility index (Phi) is 27.9. The summed E-state index contributed by atoms with van der Waals surface area (Å²) in [7, 11) is 0. The molecule has 0 aliphatic rings. The zero-order valence-corrected chi connectivity index (χ0v) is 85.1. The van der Waals surface area contributed by atoms with Crippen molar-refractivity contribution in [3.63, 3.8) is 0 Å². The minimum atomic E-state index is -0.0211. The van der Waals surface area contributed by atoms with Crippen molar-refractivity contribution in [1.82, 2.24) is 0 Å². The van der Waals surface area contributed by atoms with Crippen molar-refractivity contribution in [2.75, 3.05) is 41.7 Å². The van der Waals surface area contributed by atoms with Crippen LogP contribution in [0.2, 0.25) is 0 Å². The van der Waals surface area contributed by atoms with Crippen molar-refractivity contribution in [1.29, 1.82) is 0 Å². The number of para-hydroxylation sites is 12. The molecule has 0 aromatic heterocycles. The molecule has 0 aliphatic carbocycles. The fourth-order valence-electron chi connectivity index (χ4n) is 15.8. The van der Waals surface area contributed by atoms with Crippen molar-refractivity contribution in [2.24, 2.45) is 0 Å². The Morgan fingerprint density at radius 2 is 0.227 bits per heavy atom. The van der Waals surface area contributed by atoms with Gasteiger partial charge in [-0.3, -0.25) is 0 Å². The third-order valence-electron chi connectivity index (χ3n) is 24.5. The van der Waals surface area contributed by atoms with Crippen LogP contribution in [0.25, 0.3) is 0 Å². The molecule has 6 N–H and O–H groups in total. The Morgan fingerprint density at radius 1 is 0.133 bits per heavy atom. The van der Waals surface area contributed by atoms with E-state index in [1.54, 1.807) is 0 Å². The summed E-state index contributed by atoms with van der Waals surface area (Å²) in [5.41, 5.74) is 34.1. The lowest BCUT2D eigenvalue weighted by Crippen LogP contribution is -2.18. The number of benzene rings is 12. The minimum Gasteiger partial charge on any atom is -0.354 e. The van der Waals surface area contributed by atoms with E-state index in [1.807, 2.05) is 0 Å². The van der Waals surface area contributed by atoms with Gasteiger partial charge in [0.05, 0.1) is 68.2 Å². The van der Waals surface area contributed by atoms with Gasteiger partial charge < -0.3 is 41.7 Å². The smallest absolute Gasteiger partial charge is 0.0698 e. The van der Waals surface area contributed by atoms with E-state index in [9.17, 15) is 0 Å². The molecule has 0 fully saturated rings.